The molecule has 8 fully saturated rings. The highest BCUT2D eigenvalue weighted by Gasteiger charge is 2.60. The van der Waals surface area contributed by atoms with Gasteiger partial charge in [-0.1, -0.05) is 133 Å². The van der Waals surface area contributed by atoms with Crippen molar-refractivity contribution in [1.29, 1.82) is 0 Å². The van der Waals surface area contributed by atoms with Crippen LogP contribution in [-0.4, -0.2) is 79.0 Å². The first kappa shape index (κ1) is 64.0. The van der Waals surface area contributed by atoms with Crippen LogP contribution in [0.1, 0.15) is 190 Å². The van der Waals surface area contributed by atoms with Gasteiger partial charge in [0.1, 0.15) is 98.9 Å². The minimum atomic E-state index is -0.158. The van der Waals surface area contributed by atoms with Gasteiger partial charge in [0.25, 0.3) is 0 Å². The lowest BCUT2D eigenvalue weighted by atomic mass is 9.42. The normalized spacial score (nSPS) is 26.8. The van der Waals surface area contributed by atoms with Crippen molar-refractivity contribution in [3.8, 4) is 46.0 Å². The van der Waals surface area contributed by atoms with Crippen molar-refractivity contribution in [1.82, 2.24) is 0 Å². The van der Waals surface area contributed by atoms with Crippen molar-refractivity contribution in [3.05, 3.63) is 234 Å². The van der Waals surface area contributed by atoms with Crippen LogP contribution in [0.15, 0.2) is 133 Å². The van der Waals surface area contributed by atoms with Crippen molar-refractivity contribution in [2.24, 2.45) is 34.5 Å². The number of benzene rings is 8. The van der Waals surface area contributed by atoms with Gasteiger partial charge in [-0.25, -0.2) is 0 Å². The van der Waals surface area contributed by atoms with E-state index in [4.69, 9.17) is 47.4 Å². The van der Waals surface area contributed by atoms with Gasteiger partial charge in [0.2, 0.25) is 0 Å². The number of fused-ring (bicyclic) bond motifs is 12. The molecule has 8 atom stereocenters. The van der Waals surface area contributed by atoms with Crippen LogP contribution in [0.3, 0.4) is 0 Å². The summed E-state index contributed by atoms with van der Waals surface area (Å²) >= 11 is 0. The van der Waals surface area contributed by atoms with E-state index in [9.17, 15) is 9.59 Å². The number of esters is 2. The highest BCUT2D eigenvalue weighted by atomic mass is 16.5. The van der Waals surface area contributed by atoms with Gasteiger partial charge in [0, 0.05) is 51.4 Å². The molecule has 12 heteroatoms. The molecule has 12 nitrogen and oxygen atoms in total. The molecule has 4 unspecified atom stereocenters. The van der Waals surface area contributed by atoms with E-state index < -0.39 is 0 Å². The summed E-state index contributed by atoms with van der Waals surface area (Å²) in [6.45, 7) is 2.23. The molecule has 0 saturated heterocycles. The minimum Gasteiger partial charge on any atom is -0.489 e. The average Bonchev–Trinajstić information content (AvgIpc) is 0.714. The van der Waals surface area contributed by atoms with Crippen LogP contribution in [0.5, 0.6) is 46.0 Å². The molecule has 524 valence electrons. The molecule has 0 N–H and O–H groups in total. The molecule has 0 aromatic heterocycles. The number of carbonyl (C=O) groups excluding carboxylic acids is 2. The van der Waals surface area contributed by atoms with E-state index in [-0.39, 0.29) is 86.5 Å². The van der Waals surface area contributed by atoms with Crippen molar-refractivity contribution in [2.75, 3.05) is 67.1 Å². The fourth-order valence-corrected chi connectivity index (χ4v) is 23.2. The summed E-state index contributed by atoms with van der Waals surface area (Å²) in [6.07, 6.45) is 18.1. The molecule has 0 spiro atoms. The lowest BCUT2D eigenvalue weighted by Gasteiger charge is -2.62. The Morgan fingerprint density at radius 1 is 0.304 bits per heavy atom. The van der Waals surface area contributed by atoms with Crippen molar-refractivity contribution >= 4 is 11.9 Å². The molecule has 0 amide bonds. The predicted molar refractivity (Wildman–Crippen MR) is 389 cm³/mol. The minimum absolute atomic E-state index is 0.104. The first-order chi connectivity index (χ1) is 49.9. The summed E-state index contributed by atoms with van der Waals surface area (Å²) in [6, 6.07) is 49.9. The van der Waals surface area contributed by atoms with Crippen LogP contribution in [0.4, 0.5) is 0 Å². The number of methoxy groups -OCH3 is 2. The number of hydrogen-bond acceptors (Lipinski definition) is 12. The fraction of sp³-hybridized carbons (Fsp3) is 0.444. The zero-order valence-corrected chi connectivity index (χ0v) is 59.1. The zero-order valence-electron chi connectivity index (χ0n) is 59.1. The molecular weight excluding hydrogens is 1270 g/mol. The highest BCUT2D eigenvalue weighted by molar-refractivity contribution is 5.71. The Hall–Kier alpha value is -8.90. The zero-order chi connectivity index (χ0) is 68.3. The topological polar surface area (TPSA) is 126 Å². The second-order valence-corrected chi connectivity index (χ2v) is 32.9. The molecule has 14 aliphatic rings. The molecule has 4 aliphatic heterocycles. The molecule has 0 radical (unpaired) electrons. The lowest BCUT2D eigenvalue weighted by molar-refractivity contribution is -0.151. The van der Waals surface area contributed by atoms with E-state index >= 15 is 0 Å². The van der Waals surface area contributed by atoms with Gasteiger partial charge in [-0.3, -0.25) is 9.59 Å². The standard InChI is InChI=1S/C90H92O12/c1-93-77(91)51-87-43-55-29-56(44-87)48-89(47-55,53-87)75-39-71-35-67-17-7-19-69-37-73-41-76(90-49-57-30-58(50-90)46-88(45-57,54-90)52-78(92)94-2)42-74-38-70-20-8-18-68-36-72(40-75)85(71)101-27-25-97-81-63-13-5-14-64(81)32-60-10-4-12-62(80(60)96-22-24-100-84(68)70)34-66-16-6-15-65(82(66)98-26-28-102-86(73)74)33-61-11-3-9-59(31-63)79(61)95-21-23-99-83(67)69/h3-20,39-42,55-58H,21-38,43-54H2,1-2H3/t55-,56+,57-,58+,87?,88?,89?,90?. The van der Waals surface area contributed by atoms with E-state index in [1.54, 1.807) is 14.2 Å². The lowest BCUT2D eigenvalue weighted by Crippen LogP contribution is -2.54. The number of rotatable bonds is 6. The summed E-state index contributed by atoms with van der Waals surface area (Å²) in [4.78, 5) is 27.2. The Balaban J connectivity index is 0.871. The Bertz CT molecular complexity index is 4180. The molecule has 8 saturated carbocycles. The monoisotopic (exact) mass is 1360 g/mol. The first-order valence-corrected chi connectivity index (χ1v) is 38.1. The van der Waals surface area contributed by atoms with Crippen molar-refractivity contribution in [2.45, 2.75) is 152 Å². The maximum Gasteiger partial charge on any atom is 0.306 e. The van der Waals surface area contributed by atoms with Gasteiger partial charge in [-0.05, 0) is 223 Å². The van der Waals surface area contributed by atoms with Crippen LogP contribution in [0, 0.1) is 34.5 Å². The van der Waals surface area contributed by atoms with E-state index in [2.05, 4.69) is 133 Å². The highest BCUT2D eigenvalue weighted by Crippen LogP contribution is 2.69. The molecule has 8 aromatic rings. The summed E-state index contributed by atoms with van der Waals surface area (Å²) in [5.41, 5.74) is 19.1. The SMILES string of the molecule is COC(=O)CC12C[C@H]3C[C@@H](C1)CC(c1cc4c5c(c1)Cc1cccc6c1OCCOc1c7cccc1Cc1cccc8c1OCCOc1c(cc(C9%10C[C@@H]%11C[C@@H](CC(CC(=O)OC)(C%11)C9)C%10)cc1C6)Cc1cccc(c1OCCOc1c(cccc1C8)Cc1cccc(c1OCCO5)C7)C4)(C3)C2. The molecule has 4 heterocycles. The third-order valence-corrected chi connectivity index (χ3v) is 26.0. The second-order valence-electron chi connectivity index (χ2n) is 32.9. The van der Waals surface area contributed by atoms with Gasteiger partial charge in [-0.2, -0.15) is 0 Å². The smallest absolute Gasteiger partial charge is 0.306 e. The second kappa shape index (κ2) is 25.5. The van der Waals surface area contributed by atoms with E-state index in [1.807, 2.05) is 0 Å². The van der Waals surface area contributed by atoms with Crippen LogP contribution < -0.4 is 37.9 Å². The van der Waals surface area contributed by atoms with E-state index in [0.717, 1.165) is 199 Å². The number of hydrogen-bond donors (Lipinski definition) is 0. The third kappa shape index (κ3) is 11.5. The van der Waals surface area contributed by atoms with E-state index in [1.165, 1.54) is 24.0 Å². The number of ether oxygens (including phenoxy) is 10. The van der Waals surface area contributed by atoms with Crippen molar-refractivity contribution < 1.29 is 57.0 Å². The largest absolute Gasteiger partial charge is 0.489 e. The number of carbonyl (C=O) groups is 2. The maximum absolute atomic E-state index is 13.6. The summed E-state index contributed by atoms with van der Waals surface area (Å²) in [5.74, 6) is 8.61. The van der Waals surface area contributed by atoms with Gasteiger partial charge in [0.05, 0.1) is 27.1 Å². The van der Waals surface area contributed by atoms with Gasteiger partial charge >= 0.3 is 11.9 Å². The van der Waals surface area contributed by atoms with Crippen LogP contribution >= 0.6 is 0 Å². The Kier molecular flexibility index (Phi) is 16.0. The van der Waals surface area contributed by atoms with Crippen LogP contribution in [-0.2, 0) is 81.3 Å². The molecule has 22 rings (SSSR count). The fourth-order valence-electron chi connectivity index (χ4n) is 23.2. The predicted octanol–water partition coefficient (Wildman–Crippen LogP) is 16.6. The summed E-state index contributed by atoms with van der Waals surface area (Å²) in [5, 5.41) is 0. The number of para-hydroxylation sites is 6. The Labute approximate surface area is 599 Å². The molecular formula is C90H92O12. The average molecular weight is 1370 g/mol. The van der Waals surface area contributed by atoms with Gasteiger partial charge < -0.3 is 47.4 Å². The Morgan fingerprint density at radius 2 is 0.500 bits per heavy atom. The summed E-state index contributed by atoms with van der Waals surface area (Å²) in [7, 11) is 3.10. The first-order valence-electron chi connectivity index (χ1n) is 38.1. The molecule has 102 heavy (non-hydrogen) atoms. The van der Waals surface area contributed by atoms with Crippen LogP contribution in [0.25, 0.3) is 0 Å². The summed E-state index contributed by atoms with van der Waals surface area (Å²) < 4.78 is 70.8. The van der Waals surface area contributed by atoms with Crippen molar-refractivity contribution in [3.63, 3.8) is 0 Å². The molecule has 32 bridgehead atoms. The third-order valence-electron chi connectivity index (χ3n) is 26.0. The van der Waals surface area contributed by atoms with E-state index in [0.29, 0.717) is 87.9 Å². The quantitative estimate of drug-likeness (QED) is 0.147. The Morgan fingerprint density at radius 3 is 0.706 bits per heavy atom. The molecule has 8 aromatic carbocycles. The van der Waals surface area contributed by atoms with Crippen LogP contribution in [0.2, 0.25) is 0 Å². The van der Waals surface area contributed by atoms with Gasteiger partial charge in [-0.15, -0.1) is 0 Å². The molecule has 10 aliphatic carbocycles. The van der Waals surface area contributed by atoms with Gasteiger partial charge in [0.15, 0.2) is 0 Å². The maximum atomic E-state index is 13.6.